The number of aliphatic imine (C=N–C) groups is 2. The third-order valence-electron chi connectivity index (χ3n) is 5.51. The molecular formula is C32H33N3O. The van der Waals surface area contributed by atoms with Crippen LogP contribution in [0, 0.1) is 11.3 Å². The molecule has 2 heterocycles. The molecule has 0 saturated heterocycles. The van der Waals surface area contributed by atoms with E-state index in [0.717, 1.165) is 53.8 Å². The highest BCUT2D eigenvalue weighted by Crippen LogP contribution is 2.31. The maximum atomic E-state index is 9.53. The maximum absolute atomic E-state index is 9.53. The van der Waals surface area contributed by atoms with Crippen molar-refractivity contribution in [3.63, 3.8) is 0 Å². The van der Waals surface area contributed by atoms with Crippen LogP contribution in [-0.2, 0) is 0 Å². The standard InChI is InChI=1S/C32H33N3O/c1-4-6-8-14-26-17-12-13-25(3)35-32(22-26)36-31-21-28(23-33)19-20-29(31)30-18-11-10-16-27(24-34-30)15-9-7-5-2/h5-8,10-12,16,18-22,24H,4,9,13-15H2,1-3H3/b7-5+,8-6+,11-10+,16-10?,18-11?,27-16-,27-24?,30-18+,32-22+,34-24-,34-30?,35-25-. The van der Waals surface area contributed by atoms with Gasteiger partial charge in [-0.1, -0.05) is 49.5 Å². The van der Waals surface area contributed by atoms with E-state index in [9.17, 15) is 5.26 Å². The highest BCUT2D eigenvalue weighted by atomic mass is 16.5. The van der Waals surface area contributed by atoms with Gasteiger partial charge in [-0.2, -0.15) is 5.26 Å². The number of hydrogen-bond acceptors (Lipinski definition) is 4. The van der Waals surface area contributed by atoms with Gasteiger partial charge in [-0.15, -0.1) is 5.73 Å². The number of rotatable bonds is 9. The summed E-state index contributed by atoms with van der Waals surface area (Å²) in [5, 5.41) is 9.53. The molecule has 2 aliphatic heterocycles. The molecule has 4 heteroatoms. The lowest BCUT2D eigenvalue weighted by Gasteiger charge is -2.14. The van der Waals surface area contributed by atoms with E-state index in [0.29, 0.717) is 23.6 Å². The number of allylic oxidation sites excluding steroid dienone is 11. The monoisotopic (exact) mass is 475 g/mol. The first-order valence-electron chi connectivity index (χ1n) is 12.4. The molecule has 0 aromatic heterocycles. The molecule has 0 bridgehead atoms. The third-order valence-corrected chi connectivity index (χ3v) is 5.51. The second-order valence-electron chi connectivity index (χ2n) is 8.46. The Morgan fingerprint density at radius 2 is 2.03 bits per heavy atom. The maximum Gasteiger partial charge on any atom is 0.220 e. The lowest BCUT2D eigenvalue weighted by atomic mass is 10.1. The van der Waals surface area contributed by atoms with Gasteiger partial charge in [0.1, 0.15) is 5.75 Å². The molecule has 3 rings (SSSR count). The number of benzene rings is 1. The van der Waals surface area contributed by atoms with Gasteiger partial charge in [0, 0.05) is 35.6 Å². The Morgan fingerprint density at radius 1 is 1.17 bits per heavy atom. The molecule has 36 heavy (non-hydrogen) atoms. The zero-order valence-electron chi connectivity index (χ0n) is 21.4. The number of ether oxygens (including phenoxy) is 1. The normalized spacial score (nSPS) is 23.3. The van der Waals surface area contributed by atoms with E-state index in [1.54, 1.807) is 12.1 Å². The van der Waals surface area contributed by atoms with Gasteiger partial charge in [0.15, 0.2) is 0 Å². The minimum atomic E-state index is 0.474. The summed E-state index contributed by atoms with van der Waals surface area (Å²) in [6, 6.07) is 7.63. The van der Waals surface area contributed by atoms with Crippen LogP contribution in [0.15, 0.2) is 112 Å². The SMILES string of the molecule is C/C=C/CCC1=C/C=C/C=C(c2ccc(C#N)cc2OC2=C/C(C/C=C/CC)=C=CC/C(C)=N\2)/N=C\1. The number of nitriles is 1. The summed E-state index contributed by atoms with van der Waals surface area (Å²) in [5.74, 6) is 1.02. The van der Waals surface area contributed by atoms with Crippen molar-refractivity contribution in [3.8, 4) is 11.8 Å². The Morgan fingerprint density at radius 3 is 2.83 bits per heavy atom. The second kappa shape index (κ2) is 14.3. The molecule has 0 fully saturated rings. The van der Waals surface area contributed by atoms with Crippen molar-refractivity contribution >= 4 is 17.6 Å². The van der Waals surface area contributed by atoms with E-state index in [1.165, 1.54) is 0 Å². The van der Waals surface area contributed by atoms with E-state index < -0.39 is 0 Å². The number of hydrogen-bond donors (Lipinski definition) is 0. The van der Waals surface area contributed by atoms with Crippen LogP contribution in [0.25, 0.3) is 5.70 Å². The molecule has 1 aromatic rings. The molecule has 4 nitrogen and oxygen atoms in total. The molecule has 2 aliphatic rings. The van der Waals surface area contributed by atoms with Crippen LogP contribution in [0.2, 0.25) is 0 Å². The minimum Gasteiger partial charge on any atom is -0.438 e. The van der Waals surface area contributed by atoms with Crippen molar-refractivity contribution in [2.24, 2.45) is 9.98 Å². The van der Waals surface area contributed by atoms with Gasteiger partial charge in [-0.05, 0) is 75.5 Å². The van der Waals surface area contributed by atoms with Crippen molar-refractivity contribution in [1.29, 1.82) is 5.26 Å². The Bertz CT molecular complexity index is 1300. The fraction of sp³-hybridized carbons (Fsp3) is 0.250. The second-order valence-corrected chi connectivity index (χ2v) is 8.46. The van der Waals surface area contributed by atoms with Crippen LogP contribution in [0.5, 0.6) is 5.75 Å². The summed E-state index contributed by atoms with van der Waals surface area (Å²) >= 11 is 0. The molecule has 0 aliphatic carbocycles. The Kier molecular flexibility index (Phi) is 10.5. The minimum absolute atomic E-state index is 0.474. The molecule has 0 unspecified atom stereocenters. The Balaban J connectivity index is 1.97. The van der Waals surface area contributed by atoms with Crippen LogP contribution in [0.4, 0.5) is 0 Å². The van der Waals surface area contributed by atoms with E-state index >= 15 is 0 Å². The van der Waals surface area contributed by atoms with Gasteiger partial charge in [-0.25, -0.2) is 4.99 Å². The van der Waals surface area contributed by atoms with Crippen molar-refractivity contribution in [2.45, 2.75) is 52.9 Å². The molecule has 0 atom stereocenters. The molecule has 0 amide bonds. The van der Waals surface area contributed by atoms with E-state index in [-0.39, 0.29) is 0 Å². The summed E-state index contributed by atoms with van der Waals surface area (Å²) in [6.07, 6.45) is 26.7. The molecule has 0 N–H and O–H groups in total. The first-order chi connectivity index (χ1) is 17.6. The highest BCUT2D eigenvalue weighted by molar-refractivity contribution is 5.87. The average Bonchev–Trinajstić information content (AvgIpc) is 2.84. The predicted octanol–water partition coefficient (Wildman–Crippen LogP) is 8.35. The van der Waals surface area contributed by atoms with Crippen molar-refractivity contribution < 1.29 is 4.74 Å². The van der Waals surface area contributed by atoms with Crippen LogP contribution < -0.4 is 4.74 Å². The van der Waals surface area contributed by atoms with Gasteiger partial charge < -0.3 is 4.74 Å². The fourth-order valence-electron chi connectivity index (χ4n) is 3.62. The van der Waals surface area contributed by atoms with Crippen molar-refractivity contribution in [2.75, 3.05) is 0 Å². The Hall–Kier alpha value is -4.19. The smallest absolute Gasteiger partial charge is 0.220 e. The molecular weight excluding hydrogens is 442 g/mol. The van der Waals surface area contributed by atoms with Gasteiger partial charge in [0.25, 0.3) is 0 Å². The Labute approximate surface area is 215 Å². The first-order valence-corrected chi connectivity index (χ1v) is 12.4. The highest BCUT2D eigenvalue weighted by Gasteiger charge is 2.13. The van der Waals surface area contributed by atoms with Gasteiger partial charge >= 0.3 is 0 Å². The summed E-state index contributed by atoms with van der Waals surface area (Å²) in [6.45, 7) is 6.11. The predicted molar refractivity (Wildman–Crippen MR) is 151 cm³/mol. The summed E-state index contributed by atoms with van der Waals surface area (Å²) in [7, 11) is 0. The van der Waals surface area contributed by atoms with E-state index in [1.807, 2.05) is 56.5 Å². The largest absolute Gasteiger partial charge is 0.438 e. The summed E-state index contributed by atoms with van der Waals surface area (Å²) < 4.78 is 6.36. The average molecular weight is 476 g/mol. The summed E-state index contributed by atoms with van der Waals surface area (Å²) in [5.41, 5.74) is 8.51. The van der Waals surface area contributed by atoms with Crippen LogP contribution >= 0.6 is 0 Å². The van der Waals surface area contributed by atoms with Crippen molar-refractivity contribution in [1.82, 2.24) is 0 Å². The van der Waals surface area contributed by atoms with Gasteiger partial charge in [-0.3, -0.25) is 4.99 Å². The molecule has 0 spiro atoms. The first kappa shape index (κ1) is 26.4. The molecule has 0 saturated carbocycles. The zero-order valence-corrected chi connectivity index (χ0v) is 21.4. The lowest BCUT2D eigenvalue weighted by molar-refractivity contribution is 0.418. The number of nitrogens with zero attached hydrogens (tertiary/aromatic N) is 3. The molecule has 0 radical (unpaired) electrons. The van der Waals surface area contributed by atoms with Gasteiger partial charge in [0.2, 0.25) is 5.88 Å². The third kappa shape index (κ3) is 8.24. The van der Waals surface area contributed by atoms with Crippen LogP contribution in [0.3, 0.4) is 0 Å². The van der Waals surface area contributed by atoms with Crippen LogP contribution in [-0.4, -0.2) is 11.9 Å². The van der Waals surface area contributed by atoms with E-state index in [2.05, 4.69) is 49.1 Å². The van der Waals surface area contributed by atoms with Crippen LogP contribution in [0.1, 0.15) is 64.0 Å². The molecule has 1 aromatic carbocycles. The topological polar surface area (TPSA) is 57.7 Å². The fourth-order valence-corrected chi connectivity index (χ4v) is 3.62. The van der Waals surface area contributed by atoms with Gasteiger partial charge in [0.05, 0.1) is 17.3 Å². The quantitative estimate of drug-likeness (QED) is 0.266. The van der Waals surface area contributed by atoms with E-state index in [4.69, 9.17) is 14.7 Å². The lowest BCUT2D eigenvalue weighted by Crippen LogP contribution is -2.02. The molecule has 182 valence electrons. The van der Waals surface area contributed by atoms with Crippen molar-refractivity contribution in [3.05, 3.63) is 113 Å². The summed E-state index contributed by atoms with van der Waals surface area (Å²) in [4.78, 5) is 9.49. The zero-order chi connectivity index (χ0) is 25.6.